The van der Waals surface area contributed by atoms with Crippen molar-refractivity contribution < 1.29 is 4.74 Å². The lowest BCUT2D eigenvalue weighted by atomic mass is 10.2. The van der Waals surface area contributed by atoms with Gasteiger partial charge in [0.15, 0.2) is 0 Å². The second-order valence-electron chi connectivity index (χ2n) is 2.17. The molecule has 0 unspecified atom stereocenters. The third-order valence-electron chi connectivity index (χ3n) is 1.49. The zero-order valence-electron chi connectivity index (χ0n) is 6.40. The van der Waals surface area contributed by atoms with Gasteiger partial charge in [-0.15, -0.1) is 11.6 Å². The fraction of sp³-hybridized carbons (Fsp3) is 0.250. The fourth-order valence-electron chi connectivity index (χ4n) is 0.920. The van der Waals surface area contributed by atoms with E-state index >= 15 is 0 Å². The Morgan fingerprint density at radius 3 is 2.33 bits per heavy atom. The minimum atomic E-state index is 0.498. The first kappa shape index (κ1) is 10.8. The van der Waals surface area contributed by atoms with Crippen molar-refractivity contribution in [3.05, 3.63) is 24.8 Å². The monoisotopic (exact) mass is 408 g/mol. The van der Waals surface area contributed by atoms with Crippen LogP contribution in [0.3, 0.4) is 0 Å². The van der Waals surface area contributed by atoms with Gasteiger partial charge in [-0.05, 0) is 57.3 Å². The van der Waals surface area contributed by atoms with Gasteiger partial charge in [0.25, 0.3) is 0 Å². The highest BCUT2D eigenvalue weighted by atomic mass is 127. The van der Waals surface area contributed by atoms with Gasteiger partial charge in [-0.2, -0.15) is 0 Å². The summed E-state index contributed by atoms with van der Waals surface area (Å²) in [6.45, 7) is 0. The van der Waals surface area contributed by atoms with Crippen molar-refractivity contribution in [2.75, 3.05) is 7.11 Å². The summed E-state index contributed by atoms with van der Waals surface area (Å²) in [4.78, 5) is 0. The Labute approximate surface area is 104 Å². The Hall–Kier alpha value is 0.770. The Kier molecular flexibility index (Phi) is 4.39. The number of hydrogen-bond acceptors (Lipinski definition) is 1. The Bertz CT molecular complexity index is 260. The van der Waals surface area contributed by atoms with Crippen molar-refractivity contribution >= 4 is 56.8 Å². The van der Waals surface area contributed by atoms with Gasteiger partial charge in [0.2, 0.25) is 0 Å². The first-order chi connectivity index (χ1) is 5.70. The maximum Gasteiger partial charge on any atom is 0.137 e. The maximum atomic E-state index is 5.80. The highest BCUT2D eigenvalue weighted by Gasteiger charge is 2.09. The number of rotatable bonds is 2. The van der Waals surface area contributed by atoms with Crippen LogP contribution in [0.15, 0.2) is 12.1 Å². The molecule has 4 heteroatoms. The van der Waals surface area contributed by atoms with E-state index in [9.17, 15) is 0 Å². The van der Waals surface area contributed by atoms with Crippen LogP contribution in [0.4, 0.5) is 0 Å². The third-order valence-corrected chi connectivity index (χ3v) is 3.62. The Morgan fingerprint density at radius 1 is 1.33 bits per heavy atom. The average molecular weight is 408 g/mol. The van der Waals surface area contributed by atoms with Gasteiger partial charge in [0, 0.05) is 9.13 Å². The first-order valence-electron chi connectivity index (χ1n) is 3.27. The second kappa shape index (κ2) is 4.85. The lowest BCUT2D eigenvalue weighted by molar-refractivity contribution is 0.408. The molecule has 0 bridgehead atoms. The molecule has 0 spiro atoms. The lowest BCUT2D eigenvalue weighted by Crippen LogP contribution is -1.95. The van der Waals surface area contributed by atoms with Crippen molar-refractivity contribution in [1.29, 1.82) is 0 Å². The van der Waals surface area contributed by atoms with E-state index in [4.69, 9.17) is 16.3 Å². The van der Waals surface area contributed by atoms with E-state index in [-0.39, 0.29) is 0 Å². The summed E-state index contributed by atoms with van der Waals surface area (Å²) < 4.78 is 7.51. The number of ether oxygens (including phenoxy) is 1. The van der Waals surface area contributed by atoms with Crippen LogP contribution >= 0.6 is 56.8 Å². The molecule has 66 valence electrons. The molecule has 0 amide bonds. The van der Waals surface area contributed by atoms with Gasteiger partial charge in [-0.3, -0.25) is 0 Å². The van der Waals surface area contributed by atoms with Crippen molar-refractivity contribution in [3.63, 3.8) is 0 Å². The molecule has 0 aliphatic rings. The molecule has 1 rings (SSSR count). The van der Waals surface area contributed by atoms with Crippen LogP contribution in [0, 0.1) is 7.14 Å². The van der Waals surface area contributed by atoms with Gasteiger partial charge >= 0.3 is 0 Å². The van der Waals surface area contributed by atoms with E-state index in [0.29, 0.717) is 5.88 Å². The van der Waals surface area contributed by atoms with Gasteiger partial charge in [0.1, 0.15) is 5.75 Å². The molecule has 0 fully saturated rings. The van der Waals surface area contributed by atoms with Crippen LogP contribution in [-0.4, -0.2) is 7.11 Å². The smallest absolute Gasteiger partial charge is 0.137 e. The molecule has 0 N–H and O–H groups in total. The topological polar surface area (TPSA) is 9.23 Å². The number of hydrogen-bond donors (Lipinski definition) is 0. The molecule has 1 nitrogen and oxygen atoms in total. The first-order valence-corrected chi connectivity index (χ1v) is 5.96. The largest absolute Gasteiger partial charge is 0.495 e. The molecule has 0 aromatic heterocycles. The summed E-state index contributed by atoms with van der Waals surface area (Å²) in [5.41, 5.74) is 1.08. The second-order valence-corrected chi connectivity index (χ2v) is 4.77. The Balaban J connectivity index is 3.28. The van der Waals surface area contributed by atoms with Crippen LogP contribution in [0.1, 0.15) is 5.56 Å². The Morgan fingerprint density at radius 2 is 1.92 bits per heavy atom. The third kappa shape index (κ3) is 2.17. The van der Waals surface area contributed by atoms with Crippen molar-refractivity contribution in [1.82, 2.24) is 0 Å². The lowest BCUT2D eigenvalue weighted by Gasteiger charge is -2.09. The van der Waals surface area contributed by atoms with E-state index in [0.717, 1.165) is 18.5 Å². The quantitative estimate of drug-likeness (QED) is 0.536. The van der Waals surface area contributed by atoms with Gasteiger partial charge in [-0.1, -0.05) is 0 Å². The predicted molar refractivity (Wildman–Crippen MR) is 68.0 cm³/mol. The van der Waals surface area contributed by atoms with E-state index in [1.54, 1.807) is 7.11 Å². The fourth-order valence-corrected chi connectivity index (χ4v) is 2.75. The van der Waals surface area contributed by atoms with Crippen molar-refractivity contribution in [2.45, 2.75) is 5.88 Å². The van der Waals surface area contributed by atoms with Crippen LogP contribution in [0.5, 0.6) is 5.75 Å². The summed E-state index contributed by atoms with van der Waals surface area (Å²) in [6.07, 6.45) is 0. The van der Waals surface area contributed by atoms with Crippen molar-refractivity contribution in [3.8, 4) is 5.75 Å². The SMILES string of the molecule is COc1c(I)ccc(I)c1CCl. The van der Waals surface area contributed by atoms with Crippen LogP contribution in [-0.2, 0) is 5.88 Å². The zero-order chi connectivity index (χ0) is 9.14. The summed E-state index contributed by atoms with van der Waals surface area (Å²) in [7, 11) is 1.67. The number of alkyl halides is 1. The van der Waals surface area contributed by atoms with E-state index in [2.05, 4.69) is 45.2 Å². The molecule has 0 saturated carbocycles. The van der Waals surface area contributed by atoms with Crippen LogP contribution < -0.4 is 4.74 Å². The predicted octanol–water partition coefficient (Wildman–Crippen LogP) is 3.64. The number of benzene rings is 1. The van der Waals surface area contributed by atoms with Crippen LogP contribution in [0.2, 0.25) is 0 Å². The summed E-state index contributed by atoms with van der Waals surface area (Å²) in [5.74, 6) is 1.40. The summed E-state index contributed by atoms with van der Waals surface area (Å²) in [5, 5.41) is 0. The zero-order valence-corrected chi connectivity index (χ0v) is 11.5. The van der Waals surface area contributed by atoms with Gasteiger partial charge in [-0.25, -0.2) is 0 Å². The van der Waals surface area contributed by atoms with Gasteiger partial charge < -0.3 is 4.74 Å². The molecular formula is C8H7ClI2O. The maximum absolute atomic E-state index is 5.80. The normalized spacial score (nSPS) is 10.0. The number of methoxy groups -OCH3 is 1. The van der Waals surface area contributed by atoms with E-state index in [1.165, 1.54) is 0 Å². The van der Waals surface area contributed by atoms with Crippen molar-refractivity contribution in [2.24, 2.45) is 0 Å². The molecule has 0 aliphatic heterocycles. The molecule has 0 atom stereocenters. The van der Waals surface area contributed by atoms with Crippen LogP contribution in [0.25, 0.3) is 0 Å². The molecule has 1 aromatic rings. The summed E-state index contributed by atoms with van der Waals surface area (Å²) in [6, 6.07) is 4.07. The molecule has 12 heavy (non-hydrogen) atoms. The molecule has 0 radical (unpaired) electrons. The minimum Gasteiger partial charge on any atom is -0.495 e. The standard InChI is InChI=1S/C8H7ClI2O/c1-12-8-5(4-9)6(10)2-3-7(8)11/h2-3H,4H2,1H3. The molecule has 1 aromatic carbocycles. The highest BCUT2D eigenvalue weighted by molar-refractivity contribution is 14.1. The van der Waals surface area contributed by atoms with Gasteiger partial charge in [0.05, 0.1) is 16.6 Å². The molecule has 0 heterocycles. The molecule has 0 aliphatic carbocycles. The van der Waals surface area contributed by atoms with E-state index < -0.39 is 0 Å². The van der Waals surface area contributed by atoms with E-state index in [1.807, 2.05) is 12.1 Å². The highest BCUT2D eigenvalue weighted by Crippen LogP contribution is 2.30. The summed E-state index contributed by atoms with van der Waals surface area (Å²) >= 11 is 10.3. The molecular weight excluding hydrogens is 401 g/mol. The minimum absolute atomic E-state index is 0.498. The number of halogens is 3. The average Bonchev–Trinajstić information content (AvgIpc) is 2.08. The molecule has 0 saturated heterocycles.